The Kier molecular flexibility index (Phi) is 5.32. The Balaban J connectivity index is 2.69. The Labute approximate surface area is 114 Å². The van der Waals surface area contributed by atoms with Crippen molar-refractivity contribution in [2.24, 2.45) is 0 Å². The second kappa shape index (κ2) is 6.54. The molecule has 0 saturated heterocycles. The van der Waals surface area contributed by atoms with Crippen molar-refractivity contribution in [2.45, 2.75) is 38.8 Å². The summed E-state index contributed by atoms with van der Waals surface area (Å²) in [5, 5.41) is 0. The Morgan fingerprint density at radius 1 is 1.32 bits per heavy atom. The Hall–Kier alpha value is -1.59. The lowest BCUT2D eigenvalue weighted by molar-refractivity contribution is -0.153. The molecular formula is C14H22N2O3. The third-order valence-electron chi connectivity index (χ3n) is 2.41. The zero-order valence-corrected chi connectivity index (χ0v) is 11.9. The van der Waals surface area contributed by atoms with E-state index in [-0.39, 0.29) is 11.6 Å². The minimum absolute atomic E-state index is 0.360. The molecular weight excluding hydrogens is 244 g/mol. The number of rotatable bonds is 5. The Morgan fingerprint density at radius 2 is 1.89 bits per heavy atom. The van der Waals surface area contributed by atoms with Crippen LogP contribution in [0, 0.1) is 0 Å². The van der Waals surface area contributed by atoms with E-state index in [0.29, 0.717) is 12.1 Å². The maximum absolute atomic E-state index is 11.7. The van der Waals surface area contributed by atoms with E-state index in [1.807, 2.05) is 32.9 Å². The third-order valence-corrected chi connectivity index (χ3v) is 2.41. The van der Waals surface area contributed by atoms with E-state index in [4.69, 9.17) is 15.3 Å². The van der Waals surface area contributed by atoms with E-state index in [0.717, 1.165) is 5.56 Å². The highest BCUT2D eigenvalue weighted by Crippen LogP contribution is 2.10. The molecule has 1 atom stereocenters. The van der Waals surface area contributed by atoms with E-state index < -0.39 is 6.04 Å². The number of nitrogen functional groups attached to an aromatic ring is 1. The van der Waals surface area contributed by atoms with Gasteiger partial charge in [0.05, 0.1) is 12.7 Å². The van der Waals surface area contributed by atoms with Crippen molar-refractivity contribution < 1.29 is 14.4 Å². The molecule has 1 aromatic rings. The van der Waals surface area contributed by atoms with Crippen LogP contribution in [-0.2, 0) is 20.8 Å². The fraction of sp³-hybridized carbons (Fsp3) is 0.500. The van der Waals surface area contributed by atoms with Gasteiger partial charge in [-0.1, -0.05) is 12.1 Å². The summed E-state index contributed by atoms with van der Waals surface area (Å²) < 4.78 is 4.77. The lowest BCUT2D eigenvalue weighted by Gasteiger charge is -2.23. The number of carbonyl (C=O) groups excluding carboxylic acids is 1. The van der Waals surface area contributed by atoms with Crippen LogP contribution >= 0.6 is 0 Å². The molecule has 0 bridgehead atoms. The summed E-state index contributed by atoms with van der Waals surface area (Å²) in [6.07, 6.45) is 0.475. The first-order valence-electron chi connectivity index (χ1n) is 6.17. The van der Waals surface area contributed by atoms with E-state index in [9.17, 15) is 4.79 Å². The van der Waals surface area contributed by atoms with Gasteiger partial charge in [0.1, 0.15) is 6.04 Å². The number of ether oxygens (including phenoxy) is 1. The number of carbonyl (C=O) groups is 1. The summed E-state index contributed by atoms with van der Waals surface area (Å²) in [6, 6.07) is 6.81. The molecule has 1 rings (SSSR count). The van der Waals surface area contributed by atoms with Gasteiger partial charge in [-0.2, -0.15) is 5.48 Å². The van der Waals surface area contributed by atoms with Gasteiger partial charge < -0.3 is 10.5 Å². The first-order chi connectivity index (χ1) is 8.81. The quantitative estimate of drug-likeness (QED) is 0.482. The molecule has 0 aromatic heterocycles. The lowest BCUT2D eigenvalue weighted by Crippen LogP contribution is -2.43. The predicted octanol–water partition coefficient (Wildman–Crippen LogP) is 1.67. The van der Waals surface area contributed by atoms with Crippen LogP contribution in [0.2, 0.25) is 0 Å². The molecule has 0 radical (unpaired) electrons. The summed E-state index contributed by atoms with van der Waals surface area (Å²) in [7, 11) is 1.36. The number of methoxy groups -OCH3 is 1. The maximum Gasteiger partial charge on any atom is 0.325 e. The third kappa shape index (κ3) is 5.72. The summed E-state index contributed by atoms with van der Waals surface area (Å²) in [6.45, 7) is 5.70. The largest absolute Gasteiger partial charge is 0.468 e. The average molecular weight is 266 g/mol. The fourth-order valence-corrected chi connectivity index (χ4v) is 1.45. The summed E-state index contributed by atoms with van der Waals surface area (Å²) in [4.78, 5) is 17.1. The van der Waals surface area contributed by atoms with Crippen molar-refractivity contribution in [1.29, 1.82) is 0 Å². The zero-order valence-electron chi connectivity index (χ0n) is 11.9. The smallest absolute Gasteiger partial charge is 0.325 e. The monoisotopic (exact) mass is 266 g/mol. The first-order valence-corrected chi connectivity index (χ1v) is 6.17. The summed E-state index contributed by atoms with van der Waals surface area (Å²) in [5.41, 5.74) is 9.69. The fourth-order valence-electron chi connectivity index (χ4n) is 1.45. The molecule has 0 heterocycles. The van der Waals surface area contributed by atoms with Crippen molar-refractivity contribution in [3.63, 3.8) is 0 Å². The normalized spacial score (nSPS) is 13.1. The molecule has 3 N–H and O–H groups in total. The molecule has 1 aromatic carbocycles. The van der Waals surface area contributed by atoms with Crippen LogP contribution in [0.3, 0.4) is 0 Å². The molecule has 0 fully saturated rings. The minimum atomic E-state index is -0.548. The molecule has 106 valence electrons. The van der Waals surface area contributed by atoms with Crippen LogP contribution in [-0.4, -0.2) is 24.7 Å². The highest BCUT2D eigenvalue weighted by Gasteiger charge is 2.22. The molecule has 5 heteroatoms. The second-order valence-corrected chi connectivity index (χ2v) is 5.35. The van der Waals surface area contributed by atoms with E-state index in [2.05, 4.69) is 5.48 Å². The van der Waals surface area contributed by atoms with E-state index in [1.54, 1.807) is 12.1 Å². The van der Waals surface area contributed by atoms with Crippen LogP contribution in [0.1, 0.15) is 26.3 Å². The van der Waals surface area contributed by atoms with Gasteiger partial charge in [-0.05, 0) is 38.5 Å². The molecule has 19 heavy (non-hydrogen) atoms. The molecule has 0 amide bonds. The van der Waals surface area contributed by atoms with Gasteiger partial charge in [0.2, 0.25) is 0 Å². The van der Waals surface area contributed by atoms with Crippen LogP contribution in [0.25, 0.3) is 0 Å². The number of hydrogen-bond acceptors (Lipinski definition) is 5. The standard InChI is InChI=1S/C14H22N2O3/c1-14(2,3)19-16-12(13(17)18-4)9-10-5-7-11(15)8-6-10/h5-8,12,16H,9,15H2,1-4H3/t12-/m0/s1. The Morgan fingerprint density at radius 3 is 2.37 bits per heavy atom. The number of nitrogens with two attached hydrogens (primary N) is 1. The molecule has 5 nitrogen and oxygen atoms in total. The topological polar surface area (TPSA) is 73.6 Å². The van der Waals surface area contributed by atoms with Crippen LogP contribution in [0.15, 0.2) is 24.3 Å². The van der Waals surface area contributed by atoms with Crippen molar-refractivity contribution in [1.82, 2.24) is 5.48 Å². The van der Waals surface area contributed by atoms with Gasteiger partial charge in [-0.25, -0.2) is 0 Å². The second-order valence-electron chi connectivity index (χ2n) is 5.35. The van der Waals surface area contributed by atoms with E-state index >= 15 is 0 Å². The van der Waals surface area contributed by atoms with Crippen LogP contribution < -0.4 is 11.2 Å². The van der Waals surface area contributed by atoms with Crippen LogP contribution in [0.4, 0.5) is 5.69 Å². The van der Waals surface area contributed by atoms with Crippen molar-refractivity contribution in [3.8, 4) is 0 Å². The highest BCUT2D eigenvalue weighted by atomic mass is 16.7. The van der Waals surface area contributed by atoms with Crippen molar-refractivity contribution in [2.75, 3.05) is 12.8 Å². The number of benzene rings is 1. The Bertz CT molecular complexity index is 410. The van der Waals surface area contributed by atoms with Crippen molar-refractivity contribution >= 4 is 11.7 Å². The zero-order chi connectivity index (χ0) is 14.5. The highest BCUT2D eigenvalue weighted by molar-refractivity contribution is 5.75. The molecule has 0 spiro atoms. The van der Waals surface area contributed by atoms with E-state index in [1.165, 1.54) is 7.11 Å². The molecule has 0 saturated carbocycles. The summed E-state index contributed by atoms with van der Waals surface area (Å²) >= 11 is 0. The molecule has 0 aliphatic heterocycles. The molecule has 0 unspecified atom stereocenters. The molecule has 0 aliphatic rings. The number of anilines is 1. The first kappa shape index (κ1) is 15.5. The number of hydroxylamine groups is 1. The van der Waals surface area contributed by atoms with Gasteiger partial charge >= 0.3 is 5.97 Å². The van der Waals surface area contributed by atoms with Gasteiger partial charge in [0.25, 0.3) is 0 Å². The maximum atomic E-state index is 11.7. The van der Waals surface area contributed by atoms with Crippen LogP contribution in [0.5, 0.6) is 0 Å². The predicted molar refractivity (Wildman–Crippen MR) is 74.3 cm³/mol. The van der Waals surface area contributed by atoms with Gasteiger partial charge in [-0.3, -0.25) is 9.63 Å². The number of hydrogen-bond donors (Lipinski definition) is 2. The van der Waals surface area contributed by atoms with Crippen molar-refractivity contribution in [3.05, 3.63) is 29.8 Å². The molecule has 0 aliphatic carbocycles. The SMILES string of the molecule is COC(=O)[C@H](Cc1ccc(N)cc1)NOC(C)(C)C. The number of esters is 1. The lowest BCUT2D eigenvalue weighted by atomic mass is 10.1. The van der Waals surface area contributed by atoms with Gasteiger partial charge in [-0.15, -0.1) is 0 Å². The minimum Gasteiger partial charge on any atom is -0.468 e. The van der Waals surface area contributed by atoms with Gasteiger partial charge in [0.15, 0.2) is 0 Å². The average Bonchev–Trinajstić information content (AvgIpc) is 2.34. The number of nitrogens with one attached hydrogen (secondary N) is 1. The van der Waals surface area contributed by atoms with Gasteiger partial charge in [0, 0.05) is 12.1 Å². The summed E-state index contributed by atoms with van der Waals surface area (Å²) in [5.74, 6) is -0.360.